The summed E-state index contributed by atoms with van der Waals surface area (Å²) in [6.45, 7) is 2.24. The van der Waals surface area contributed by atoms with Gasteiger partial charge in [-0.3, -0.25) is 14.7 Å². The van der Waals surface area contributed by atoms with E-state index < -0.39 is 12.9 Å². The summed E-state index contributed by atoms with van der Waals surface area (Å²) in [6.07, 6.45) is 15.8. The Morgan fingerprint density at radius 1 is 0.887 bits per heavy atom. The number of hydrogen-bond acceptors (Lipinski definition) is 10. The Bertz CT molecular complexity index is 1950. The number of carbonyl (C=O) groups excluding carboxylic acids is 2. The number of nitrogens with zero attached hydrogens (tertiary/aromatic N) is 5. The van der Waals surface area contributed by atoms with Crippen molar-refractivity contribution in [2.75, 3.05) is 39.6 Å². The predicted octanol–water partition coefficient (Wildman–Crippen LogP) is 5.02. The van der Waals surface area contributed by atoms with Crippen LogP contribution in [-0.2, 0) is 19.0 Å². The molecule has 4 aliphatic rings. The second-order valence-corrected chi connectivity index (χ2v) is 13.7. The normalized spacial score (nSPS) is 22.1. The number of rotatable bonds is 11. The maximum Gasteiger partial charge on any atom is 0.409 e. The van der Waals surface area contributed by atoms with Crippen LogP contribution >= 0.6 is 0 Å². The summed E-state index contributed by atoms with van der Waals surface area (Å²) in [5.74, 6) is 2.50. The lowest BCUT2D eigenvalue weighted by atomic mass is 10.1. The van der Waals surface area contributed by atoms with E-state index in [1.54, 1.807) is 0 Å². The summed E-state index contributed by atoms with van der Waals surface area (Å²) >= 11 is 0. The highest BCUT2D eigenvalue weighted by Gasteiger charge is 2.38. The van der Waals surface area contributed by atoms with Gasteiger partial charge in [0.05, 0.1) is 47.6 Å². The average Bonchev–Trinajstić information content (AvgIpc) is 4.05. The summed E-state index contributed by atoms with van der Waals surface area (Å²) in [7, 11) is 0. The molecule has 3 fully saturated rings. The van der Waals surface area contributed by atoms with Crippen molar-refractivity contribution in [3.63, 3.8) is 0 Å². The fraction of sp³-hybridized carbons (Fsp3) is 0.410. The molecule has 1 unspecified atom stereocenters. The average molecular weight is 721 g/mol. The molecule has 14 nitrogen and oxygen atoms in total. The number of likely N-dealkylation sites (tertiary alicyclic amines) is 2. The SMILES string of the molecule is O=C(NCC(C1=CC=CCO1)N1CCC[C@H]1c1ncc(-c2ccc(-c3ccc(-c4cnc([C@@H]5CCCN5C(=O)[C@H]5CCCO5)[nH]4)cn3)cc2)[nH]1)OCO. The molecule has 0 spiro atoms. The number of alkyl carbamates (subject to hydrolysis) is 1. The summed E-state index contributed by atoms with van der Waals surface area (Å²) in [6, 6.07) is 12.0. The molecule has 0 bridgehead atoms. The lowest BCUT2D eigenvalue weighted by Crippen LogP contribution is -2.45. The first-order valence-electron chi connectivity index (χ1n) is 18.4. The molecule has 4 aliphatic heterocycles. The van der Waals surface area contributed by atoms with Crippen LogP contribution in [0.1, 0.15) is 62.3 Å². The van der Waals surface area contributed by atoms with Crippen molar-refractivity contribution >= 4 is 12.0 Å². The number of hydrogen-bond donors (Lipinski definition) is 4. The van der Waals surface area contributed by atoms with Crippen molar-refractivity contribution in [1.29, 1.82) is 0 Å². The summed E-state index contributed by atoms with van der Waals surface area (Å²) in [5.41, 5.74) is 5.56. The van der Waals surface area contributed by atoms with Crippen LogP contribution in [0.25, 0.3) is 33.8 Å². The number of benzene rings is 1. The summed E-state index contributed by atoms with van der Waals surface area (Å²) < 4.78 is 16.3. The van der Waals surface area contributed by atoms with E-state index in [2.05, 4.69) is 54.2 Å². The van der Waals surface area contributed by atoms with Gasteiger partial charge in [-0.05, 0) is 74.9 Å². The zero-order valence-corrected chi connectivity index (χ0v) is 29.4. The molecule has 14 heteroatoms. The lowest BCUT2D eigenvalue weighted by molar-refractivity contribution is -0.142. The number of aromatic amines is 2. The summed E-state index contributed by atoms with van der Waals surface area (Å²) in [5, 5.41) is 11.7. The van der Waals surface area contributed by atoms with Crippen LogP contribution < -0.4 is 5.32 Å². The van der Waals surface area contributed by atoms with Gasteiger partial charge in [-0.15, -0.1) is 0 Å². The first-order valence-corrected chi connectivity index (χ1v) is 18.4. The molecular weight excluding hydrogens is 676 g/mol. The standard InChI is InChI=1S/C39H44N8O6/c48-24-53-39(50)43-23-33(34-8-1-2-18-51-34)46-16-3-6-31(46)36-41-21-29(44-36)26-12-10-25(11-13-26)28-15-14-27(20-40-28)30-22-42-37(45-30)32-7-4-17-47(32)38(49)35-9-5-19-52-35/h1-2,8,10-15,20-22,31-33,35,48H,3-7,9,16-19,23-24H2,(H,41,44)(H,42,45)(H,43,50)/t31-,32-,33?,35+/m0/s1. The van der Waals surface area contributed by atoms with Crippen LogP contribution in [0.4, 0.5) is 4.79 Å². The third-order valence-electron chi connectivity index (χ3n) is 10.5. The minimum atomic E-state index is -0.682. The molecule has 3 saturated heterocycles. The largest absolute Gasteiger partial charge is 0.492 e. The Morgan fingerprint density at radius 2 is 1.62 bits per heavy atom. The fourth-order valence-electron chi connectivity index (χ4n) is 7.87. The molecular formula is C39H44N8O6. The van der Waals surface area contributed by atoms with Gasteiger partial charge in [-0.1, -0.05) is 30.3 Å². The molecule has 0 saturated carbocycles. The Balaban J connectivity index is 0.926. The Hall–Kier alpha value is -5.31. The van der Waals surface area contributed by atoms with Crippen molar-refractivity contribution in [2.45, 2.75) is 62.8 Å². The maximum absolute atomic E-state index is 13.1. The van der Waals surface area contributed by atoms with E-state index >= 15 is 0 Å². The first kappa shape index (κ1) is 34.8. The van der Waals surface area contributed by atoms with E-state index in [4.69, 9.17) is 24.5 Å². The van der Waals surface area contributed by atoms with Crippen molar-refractivity contribution in [3.8, 4) is 33.8 Å². The third kappa shape index (κ3) is 7.48. The van der Waals surface area contributed by atoms with Crippen LogP contribution in [0.15, 0.2) is 79.0 Å². The van der Waals surface area contributed by atoms with Crippen LogP contribution in [0.3, 0.4) is 0 Å². The van der Waals surface area contributed by atoms with Gasteiger partial charge < -0.3 is 39.5 Å². The molecule has 3 aromatic heterocycles. The molecule has 0 radical (unpaired) electrons. The zero-order chi connectivity index (χ0) is 36.1. The van der Waals surface area contributed by atoms with Gasteiger partial charge in [0.25, 0.3) is 5.91 Å². The molecule has 1 aromatic carbocycles. The Labute approximate surface area is 307 Å². The second kappa shape index (κ2) is 15.7. The number of ether oxygens (including phenoxy) is 3. The first-order chi connectivity index (χ1) is 26.1. The lowest BCUT2D eigenvalue weighted by Gasteiger charge is -2.34. The summed E-state index contributed by atoms with van der Waals surface area (Å²) in [4.78, 5) is 50.6. The monoisotopic (exact) mass is 720 g/mol. The van der Waals surface area contributed by atoms with Crippen molar-refractivity contribution < 1.29 is 28.9 Å². The maximum atomic E-state index is 13.1. The number of allylic oxidation sites excluding steroid dienone is 2. The number of aromatic nitrogens is 5. The van der Waals surface area contributed by atoms with E-state index in [1.807, 2.05) is 53.9 Å². The quantitative estimate of drug-likeness (QED) is 0.154. The number of aliphatic hydroxyl groups is 1. The van der Waals surface area contributed by atoms with Crippen molar-refractivity contribution in [3.05, 3.63) is 90.6 Å². The number of imidazole rings is 2. The molecule has 4 aromatic rings. The molecule has 276 valence electrons. The van der Waals surface area contributed by atoms with Gasteiger partial charge in [0.15, 0.2) is 6.79 Å². The number of nitrogens with one attached hydrogen (secondary N) is 3. The molecule has 2 amide bonds. The van der Waals surface area contributed by atoms with E-state index in [-0.39, 0.29) is 36.7 Å². The van der Waals surface area contributed by atoms with Gasteiger partial charge in [0, 0.05) is 37.0 Å². The second-order valence-electron chi connectivity index (χ2n) is 13.7. The number of amides is 2. The van der Waals surface area contributed by atoms with E-state index in [9.17, 15) is 9.59 Å². The fourth-order valence-corrected chi connectivity index (χ4v) is 7.87. The highest BCUT2D eigenvalue weighted by atomic mass is 16.6. The third-order valence-corrected chi connectivity index (χ3v) is 10.5. The molecule has 4 atom stereocenters. The number of pyridine rings is 1. The number of aliphatic hydroxyl groups excluding tert-OH is 1. The van der Waals surface area contributed by atoms with Crippen molar-refractivity contribution in [2.24, 2.45) is 0 Å². The number of H-pyrrole nitrogens is 2. The van der Waals surface area contributed by atoms with Crippen LogP contribution in [0.5, 0.6) is 0 Å². The van der Waals surface area contributed by atoms with Crippen molar-refractivity contribution in [1.82, 2.24) is 40.0 Å². The molecule has 7 heterocycles. The zero-order valence-electron chi connectivity index (χ0n) is 29.4. The van der Waals surface area contributed by atoms with Gasteiger partial charge in [0.2, 0.25) is 0 Å². The van der Waals surface area contributed by atoms with Crippen LogP contribution in [-0.4, -0.2) is 104 Å². The minimum absolute atomic E-state index is 0.00104. The predicted molar refractivity (Wildman–Crippen MR) is 195 cm³/mol. The van der Waals surface area contributed by atoms with E-state index in [0.29, 0.717) is 13.2 Å². The van der Waals surface area contributed by atoms with E-state index in [1.165, 1.54) is 0 Å². The highest BCUT2D eigenvalue weighted by Crippen LogP contribution is 2.36. The molecule has 53 heavy (non-hydrogen) atoms. The van der Waals surface area contributed by atoms with Crippen LogP contribution in [0.2, 0.25) is 0 Å². The Kier molecular flexibility index (Phi) is 10.3. The van der Waals surface area contributed by atoms with Gasteiger partial charge in [-0.25, -0.2) is 14.8 Å². The highest BCUT2D eigenvalue weighted by molar-refractivity contribution is 5.82. The van der Waals surface area contributed by atoms with E-state index in [0.717, 1.165) is 103 Å². The molecule has 4 N–H and O–H groups in total. The Morgan fingerprint density at radius 3 is 2.34 bits per heavy atom. The molecule has 0 aliphatic carbocycles. The smallest absolute Gasteiger partial charge is 0.409 e. The van der Waals surface area contributed by atoms with Gasteiger partial charge in [0.1, 0.15) is 30.1 Å². The molecule has 8 rings (SSSR count). The van der Waals surface area contributed by atoms with Crippen LogP contribution in [0, 0.1) is 0 Å². The number of carbonyl (C=O) groups is 2. The van der Waals surface area contributed by atoms with Gasteiger partial charge in [-0.2, -0.15) is 0 Å². The van der Waals surface area contributed by atoms with Gasteiger partial charge >= 0.3 is 6.09 Å². The minimum Gasteiger partial charge on any atom is -0.492 e. The topological polar surface area (TPSA) is 171 Å².